The minimum absolute atomic E-state index is 0.368. The molecule has 0 amide bonds. The van der Waals surface area contributed by atoms with Crippen molar-refractivity contribution in [1.29, 1.82) is 0 Å². The van der Waals surface area contributed by atoms with Gasteiger partial charge < -0.3 is 14.0 Å². The Labute approximate surface area is 159 Å². The molecule has 0 unspecified atom stereocenters. The molecule has 3 rings (SSSR count). The third-order valence-electron chi connectivity index (χ3n) is 5.18. The van der Waals surface area contributed by atoms with Crippen LogP contribution in [-0.4, -0.2) is 57.7 Å². The topological polar surface area (TPSA) is 58.4 Å². The zero-order valence-corrected chi connectivity index (χ0v) is 17.6. The number of aromatic nitrogens is 3. The molecule has 1 fully saturated rings. The van der Waals surface area contributed by atoms with Crippen LogP contribution in [0.2, 0.25) is 0 Å². The van der Waals surface area contributed by atoms with Crippen molar-refractivity contribution in [2.24, 2.45) is 0 Å². The van der Waals surface area contributed by atoms with Gasteiger partial charge in [0.25, 0.3) is 0 Å². The number of imidazole rings is 1. The molecular formula is C18H29BN3O3S+. The van der Waals surface area contributed by atoms with Crippen molar-refractivity contribution in [1.82, 2.24) is 14.5 Å². The summed E-state index contributed by atoms with van der Waals surface area (Å²) in [5.41, 5.74) is 1.82. The van der Waals surface area contributed by atoms with Crippen molar-refractivity contribution < 1.29 is 14.0 Å². The predicted octanol–water partition coefficient (Wildman–Crippen LogP) is 1.89. The molecule has 8 heteroatoms. The molecule has 0 bridgehead atoms. The van der Waals surface area contributed by atoms with Gasteiger partial charge in [-0.3, -0.25) is 4.57 Å². The van der Waals surface area contributed by atoms with Crippen LogP contribution in [-0.2, 0) is 31.7 Å². The van der Waals surface area contributed by atoms with Crippen molar-refractivity contribution in [3.63, 3.8) is 0 Å². The van der Waals surface area contributed by atoms with E-state index in [1.165, 1.54) is 0 Å². The van der Waals surface area contributed by atoms with Gasteiger partial charge in [0, 0.05) is 11.7 Å². The predicted molar refractivity (Wildman–Crippen MR) is 108 cm³/mol. The van der Waals surface area contributed by atoms with Crippen LogP contribution in [0.5, 0.6) is 0 Å². The van der Waals surface area contributed by atoms with Crippen LogP contribution in [0.1, 0.15) is 33.5 Å². The van der Waals surface area contributed by atoms with Crippen LogP contribution in [0.25, 0.3) is 11.2 Å². The lowest BCUT2D eigenvalue weighted by atomic mass is 9.80. The van der Waals surface area contributed by atoms with E-state index >= 15 is 0 Å². The summed E-state index contributed by atoms with van der Waals surface area (Å²) in [5, 5.41) is 0. The third-order valence-corrected chi connectivity index (χ3v) is 6.16. The maximum atomic E-state index is 6.12. The molecule has 6 nitrogen and oxygen atoms in total. The fourth-order valence-electron chi connectivity index (χ4n) is 2.78. The largest absolute Gasteiger partial charge is 0.496 e. The van der Waals surface area contributed by atoms with Gasteiger partial charge in [0.15, 0.2) is 5.65 Å². The second-order valence-corrected chi connectivity index (χ2v) is 10.4. The molecule has 0 aliphatic carbocycles. The van der Waals surface area contributed by atoms with Crippen LogP contribution in [0.4, 0.5) is 0 Å². The maximum absolute atomic E-state index is 6.12. The molecule has 0 saturated carbocycles. The molecule has 2 aromatic rings. The molecule has 1 aliphatic heterocycles. The number of nitrogens with zero attached hydrogens (tertiary/aromatic N) is 3. The Morgan fingerprint density at radius 3 is 2.46 bits per heavy atom. The summed E-state index contributed by atoms with van der Waals surface area (Å²) in [6.45, 7) is 11.4. The van der Waals surface area contributed by atoms with Crippen molar-refractivity contribution >= 4 is 34.6 Å². The molecule has 1 saturated heterocycles. The van der Waals surface area contributed by atoms with E-state index in [2.05, 4.69) is 22.5 Å². The van der Waals surface area contributed by atoms with Gasteiger partial charge in [-0.2, -0.15) is 0 Å². The Kier molecular flexibility index (Phi) is 5.41. The SMILES string of the molecule is Cc1nc2cc(B3OC(C)(C)C(C)(C)O3)cnc2n1COCC[S+](C)C. The summed E-state index contributed by atoms with van der Waals surface area (Å²) >= 11 is 0. The summed E-state index contributed by atoms with van der Waals surface area (Å²) in [4.78, 5) is 9.26. The van der Waals surface area contributed by atoms with Gasteiger partial charge in [-0.15, -0.1) is 0 Å². The lowest BCUT2D eigenvalue weighted by Gasteiger charge is -2.32. The highest BCUT2D eigenvalue weighted by Crippen LogP contribution is 2.36. The molecule has 0 spiro atoms. The number of rotatable bonds is 6. The molecule has 0 radical (unpaired) electrons. The molecule has 1 aliphatic rings. The molecule has 142 valence electrons. The highest BCUT2D eigenvalue weighted by atomic mass is 32.2. The zero-order valence-electron chi connectivity index (χ0n) is 16.8. The van der Waals surface area contributed by atoms with Gasteiger partial charge in [0.1, 0.15) is 23.8 Å². The van der Waals surface area contributed by atoms with E-state index < -0.39 is 7.12 Å². The molecule has 3 heterocycles. The molecule has 0 N–H and O–H groups in total. The summed E-state index contributed by atoms with van der Waals surface area (Å²) in [7, 11) is -0.0326. The number of aryl methyl sites for hydroxylation is 1. The summed E-state index contributed by atoms with van der Waals surface area (Å²) in [6, 6.07) is 2.00. The van der Waals surface area contributed by atoms with Crippen LogP contribution in [0.3, 0.4) is 0 Å². The van der Waals surface area contributed by atoms with Crippen LogP contribution in [0.15, 0.2) is 12.3 Å². The number of hydrogen-bond acceptors (Lipinski definition) is 5. The Balaban J connectivity index is 1.78. The second kappa shape index (κ2) is 7.15. The fourth-order valence-corrected chi connectivity index (χ4v) is 3.23. The highest BCUT2D eigenvalue weighted by Gasteiger charge is 2.51. The fraction of sp³-hybridized carbons (Fsp3) is 0.667. The summed E-state index contributed by atoms with van der Waals surface area (Å²) in [6.07, 6.45) is 6.26. The second-order valence-electron chi connectivity index (χ2n) is 8.01. The van der Waals surface area contributed by atoms with Crippen LogP contribution < -0.4 is 5.46 Å². The Morgan fingerprint density at radius 1 is 1.19 bits per heavy atom. The quantitative estimate of drug-likeness (QED) is 0.437. The average Bonchev–Trinajstić information content (AvgIpc) is 2.95. The van der Waals surface area contributed by atoms with Gasteiger partial charge in [0.05, 0.1) is 30.3 Å². The number of ether oxygens (including phenoxy) is 1. The molecule has 0 aromatic carbocycles. The summed E-state index contributed by atoms with van der Waals surface area (Å²) in [5.74, 6) is 1.97. The number of pyridine rings is 1. The first-order valence-electron chi connectivity index (χ1n) is 8.91. The van der Waals surface area contributed by atoms with E-state index in [9.17, 15) is 0 Å². The lowest BCUT2D eigenvalue weighted by molar-refractivity contribution is 0.00578. The van der Waals surface area contributed by atoms with E-state index in [1.807, 2.05) is 51.4 Å². The lowest BCUT2D eigenvalue weighted by Crippen LogP contribution is -2.41. The van der Waals surface area contributed by atoms with Gasteiger partial charge >= 0.3 is 7.12 Å². The Morgan fingerprint density at radius 2 is 1.85 bits per heavy atom. The third kappa shape index (κ3) is 3.79. The number of fused-ring (bicyclic) bond motifs is 1. The average molecular weight is 378 g/mol. The first kappa shape index (κ1) is 19.7. The van der Waals surface area contributed by atoms with Gasteiger partial charge in [-0.25, -0.2) is 9.97 Å². The Hall–Kier alpha value is -1.09. The van der Waals surface area contributed by atoms with E-state index in [-0.39, 0.29) is 11.2 Å². The first-order valence-corrected chi connectivity index (χ1v) is 11.1. The van der Waals surface area contributed by atoms with Gasteiger partial charge in [0.2, 0.25) is 0 Å². The zero-order chi connectivity index (χ0) is 19.1. The van der Waals surface area contributed by atoms with Crippen molar-refractivity contribution in [3.8, 4) is 0 Å². The van der Waals surface area contributed by atoms with Crippen molar-refractivity contribution in [3.05, 3.63) is 18.1 Å². The minimum Gasteiger partial charge on any atom is -0.399 e. The number of hydrogen-bond donors (Lipinski definition) is 0. The van der Waals surface area contributed by atoms with E-state index in [0.717, 1.165) is 34.8 Å². The van der Waals surface area contributed by atoms with Crippen molar-refractivity contribution in [2.75, 3.05) is 24.9 Å². The van der Waals surface area contributed by atoms with Gasteiger partial charge in [-0.1, -0.05) is 0 Å². The van der Waals surface area contributed by atoms with Crippen LogP contribution in [0, 0.1) is 6.92 Å². The molecule has 2 aromatic heterocycles. The summed E-state index contributed by atoms with van der Waals surface area (Å²) < 4.78 is 20.0. The molecule has 0 atom stereocenters. The highest BCUT2D eigenvalue weighted by molar-refractivity contribution is 7.95. The minimum atomic E-state index is -0.425. The van der Waals surface area contributed by atoms with E-state index in [0.29, 0.717) is 17.6 Å². The van der Waals surface area contributed by atoms with E-state index in [1.54, 1.807) is 0 Å². The molecule has 26 heavy (non-hydrogen) atoms. The van der Waals surface area contributed by atoms with E-state index in [4.69, 9.17) is 14.0 Å². The smallest absolute Gasteiger partial charge is 0.399 e. The van der Waals surface area contributed by atoms with Crippen molar-refractivity contribution in [2.45, 2.75) is 52.6 Å². The molecular weight excluding hydrogens is 349 g/mol. The Bertz CT molecular complexity index is 775. The standard InChI is InChI=1S/C18H29BN3O3S/c1-13-21-15-10-14(19-24-17(2,3)18(4,5)25-19)11-20-16(15)22(13)12-23-8-9-26(6)7/h10-11H,8-9,12H2,1-7H3/q+1. The van der Waals surface area contributed by atoms with Gasteiger partial charge in [-0.05, 0) is 51.6 Å². The normalized spacial score (nSPS) is 19.0. The monoisotopic (exact) mass is 378 g/mol. The first-order chi connectivity index (χ1) is 12.1. The maximum Gasteiger partial charge on any atom is 0.496 e. The van der Waals surface area contributed by atoms with Crippen LogP contribution >= 0.6 is 0 Å².